The molecule has 3 rings (SSSR count). The van der Waals surface area contributed by atoms with Crippen molar-refractivity contribution in [1.29, 1.82) is 0 Å². The van der Waals surface area contributed by atoms with Crippen LogP contribution in [0.15, 0.2) is 39.8 Å². The van der Waals surface area contributed by atoms with Gasteiger partial charge in [-0.3, -0.25) is 14.4 Å². The second kappa shape index (κ2) is 7.98. The summed E-state index contributed by atoms with van der Waals surface area (Å²) in [5.74, 6) is -0.255. The van der Waals surface area contributed by atoms with Gasteiger partial charge in [-0.2, -0.15) is 11.3 Å². The molecular formula is C17H19N3O4S. The normalized spacial score (nSPS) is 14.4. The minimum absolute atomic E-state index is 0.0129. The van der Waals surface area contributed by atoms with E-state index in [-0.39, 0.29) is 24.1 Å². The third kappa shape index (κ3) is 4.27. The minimum Gasteiger partial charge on any atom is -0.472 e. The zero-order chi connectivity index (χ0) is 17.6. The van der Waals surface area contributed by atoms with E-state index < -0.39 is 0 Å². The largest absolute Gasteiger partial charge is 0.472 e. The van der Waals surface area contributed by atoms with Gasteiger partial charge >= 0.3 is 0 Å². The molecular weight excluding hydrogens is 342 g/mol. The first kappa shape index (κ1) is 17.2. The van der Waals surface area contributed by atoms with Crippen molar-refractivity contribution in [2.45, 2.75) is 6.42 Å². The number of furan rings is 1. The highest BCUT2D eigenvalue weighted by atomic mass is 32.1. The first-order valence-corrected chi connectivity index (χ1v) is 8.99. The Morgan fingerprint density at radius 3 is 2.48 bits per heavy atom. The molecule has 8 heteroatoms. The van der Waals surface area contributed by atoms with Gasteiger partial charge < -0.3 is 19.5 Å². The summed E-state index contributed by atoms with van der Waals surface area (Å²) in [5, 5.41) is 6.35. The number of amides is 3. The lowest BCUT2D eigenvalue weighted by Gasteiger charge is -2.34. The maximum atomic E-state index is 12.2. The first-order chi connectivity index (χ1) is 12.1. The SMILES string of the molecule is O=C(NCCC(=O)N1CCN(C(=O)c2ccoc2)CC1)c1ccsc1. The average molecular weight is 361 g/mol. The van der Waals surface area contributed by atoms with Gasteiger partial charge in [0.1, 0.15) is 6.26 Å². The van der Waals surface area contributed by atoms with Crippen molar-refractivity contribution < 1.29 is 18.8 Å². The monoisotopic (exact) mass is 361 g/mol. The van der Waals surface area contributed by atoms with Crippen LogP contribution in [0.1, 0.15) is 27.1 Å². The number of hydrogen-bond donors (Lipinski definition) is 1. The molecule has 1 saturated heterocycles. The Morgan fingerprint density at radius 2 is 1.84 bits per heavy atom. The quantitative estimate of drug-likeness (QED) is 0.874. The molecule has 0 aromatic carbocycles. The molecule has 7 nitrogen and oxygen atoms in total. The lowest BCUT2D eigenvalue weighted by atomic mass is 10.2. The van der Waals surface area contributed by atoms with Gasteiger partial charge in [0.25, 0.3) is 11.8 Å². The molecule has 2 aromatic rings. The zero-order valence-corrected chi connectivity index (χ0v) is 14.5. The summed E-state index contributed by atoms with van der Waals surface area (Å²) in [5.41, 5.74) is 1.14. The van der Waals surface area contributed by atoms with Crippen molar-refractivity contribution in [3.05, 3.63) is 46.5 Å². The van der Waals surface area contributed by atoms with Crippen LogP contribution < -0.4 is 5.32 Å². The molecule has 3 amide bonds. The molecule has 0 radical (unpaired) electrons. The topological polar surface area (TPSA) is 82.9 Å². The van der Waals surface area contributed by atoms with Gasteiger partial charge in [0.2, 0.25) is 5.91 Å². The van der Waals surface area contributed by atoms with Crippen molar-refractivity contribution in [2.24, 2.45) is 0 Å². The Kier molecular flexibility index (Phi) is 5.49. The van der Waals surface area contributed by atoms with Crippen molar-refractivity contribution in [3.8, 4) is 0 Å². The molecule has 0 bridgehead atoms. The lowest BCUT2D eigenvalue weighted by Crippen LogP contribution is -2.51. The van der Waals surface area contributed by atoms with Crippen LogP contribution in [-0.4, -0.2) is 60.2 Å². The standard InChI is InChI=1S/C17H19N3O4S/c21-15(1-4-18-16(22)14-3-10-25-12-14)19-5-7-20(8-6-19)17(23)13-2-9-24-11-13/h2-3,9-12H,1,4-8H2,(H,18,22). The molecule has 0 atom stereocenters. The summed E-state index contributed by atoms with van der Waals surface area (Å²) >= 11 is 1.46. The molecule has 0 aliphatic carbocycles. The summed E-state index contributed by atoms with van der Waals surface area (Å²) in [6, 6.07) is 3.38. The smallest absolute Gasteiger partial charge is 0.257 e. The summed E-state index contributed by atoms with van der Waals surface area (Å²) in [7, 11) is 0. The van der Waals surface area contributed by atoms with Crippen molar-refractivity contribution in [1.82, 2.24) is 15.1 Å². The van der Waals surface area contributed by atoms with Gasteiger partial charge in [0, 0.05) is 50.1 Å². The van der Waals surface area contributed by atoms with Crippen LogP contribution in [0, 0.1) is 0 Å². The van der Waals surface area contributed by atoms with Gasteiger partial charge in [-0.05, 0) is 17.5 Å². The molecule has 1 aliphatic rings. The van der Waals surface area contributed by atoms with Crippen LogP contribution in [0.4, 0.5) is 0 Å². The molecule has 2 aromatic heterocycles. The van der Waals surface area contributed by atoms with Gasteiger partial charge in [0.05, 0.1) is 11.8 Å². The fourth-order valence-corrected chi connectivity index (χ4v) is 3.30. The Morgan fingerprint density at radius 1 is 1.08 bits per heavy atom. The van der Waals surface area contributed by atoms with Crippen molar-refractivity contribution in [2.75, 3.05) is 32.7 Å². The molecule has 0 saturated carbocycles. The number of nitrogens with zero attached hydrogens (tertiary/aromatic N) is 2. The van der Waals surface area contributed by atoms with Crippen LogP contribution in [0.3, 0.4) is 0 Å². The highest BCUT2D eigenvalue weighted by Crippen LogP contribution is 2.10. The fourth-order valence-electron chi connectivity index (χ4n) is 2.66. The Hall–Kier alpha value is -2.61. The molecule has 1 aliphatic heterocycles. The van der Waals surface area contributed by atoms with Crippen LogP contribution in [0.5, 0.6) is 0 Å². The van der Waals surface area contributed by atoms with E-state index >= 15 is 0 Å². The zero-order valence-electron chi connectivity index (χ0n) is 13.6. The predicted molar refractivity (Wildman–Crippen MR) is 92.5 cm³/mol. The van der Waals surface area contributed by atoms with E-state index in [1.54, 1.807) is 27.3 Å². The van der Waals surface area contributed by atoms with E-state index in [0.29, 0.717) is 43.9 Å². The Labute approximate surface area is 149 Å². The van der Waals surface area contributed by atoms with Crippen LogP contribution in [0.25, 0.3) is 0 Å². The number of piperazine rings is 1. The van der Waals surface area contributed by atoms with Gasteiger partial charge in [0.15, 0.2) is 0 Å². The molecule has 1 N–H and O–H groups in total. The minimum atomic E-state index is -0.162. The van der Waals surface area contributed by atoms with E-state index in [0.717, 1.165) is 0 Å². The molecule has 0 spiro atoms. The Bertz CT molecular complexity index is 719. The van der Waals surface area contributed by atoms with Crippen molar-refractivity contribution in [3.63, 3.8) is 0 Å². The highest BCUT2D eigenvalue weighted by molar-refractivity contribution is 7.08. The van der Waals surface area contributed by atoms with Gasteiger partial charge in [-0.15, -0.1) is 0 Å². The van der Waals surface area contributed by atoms with Gasteiger partial charge in [-0.1, -0.05) is 0 Å². The first-order valence-electron chi connectivity index (χ1n) is 8.05. The number of carbonyl (C=O) groups excluding carboxylic acids is 3. The van der Waals surface area contributed by atoms with E-state index in [1.807, 2.05) is 5.38 Å². The molecule has 25 heavy (non-hydrogen) atoms. The van der Waals surface area contributed by atoms with E-state index in [2.05, 4.69) is 5.32 Å². The summed E-state index contributed by atoms with van der Waals surface area (Å²) < 4.78 is 4.93. The maximum Gasteiger partial charge on any atom is 0.257 e. The number of nitrogens with one attached hydrogen (secondary N) is 1. The summed E-state index contributed by atoms with van der Waals surface area (Å²) in [6.07, 6.45) is 3.15. The second-order valence-electron chi connectivity index (χ2n) is 5.70. The lowest BCUT2D eigenvalue weighted by molar-refractivity contribution is -0.132. The van der Waals surface area contributed by atoms with Crippen LogP contribution >= 0.6 is 11.3 Å². The molecule has 132 valence electrons. The predicted octanol–water partition coefficient (Wildman–Crippen LogP) is 1.45. The third-order valence-corrected chi connectivity index (χ3v) is 4.78. The van der Waals surface area contributed by atoms with Crippen LogP contribution in [-0.2, 0) is 4.79 Å². The van der Waals surface area contributed by atoms with Crippen molar-refractivity contribution >= 4 is 29.1 Å². The third-order valence-electron chi connectivity index (χ3n) is 4.10. The van der Waals surface area contributed by atoms with E-state index in [9.17, 15) is 14.4 Å². The number of rotatable bonds is 5. The average Bonchev–Trinajstić information content (AvgIpc) is 3.34. The fraction of sp³-hybridized carbons (Fsp3) is 0.353. The highest BCUT2D eigenvalue weighted by Gasteiger charge is 2.25. The van der Waals surface area contributed by atoms with E-state index in [4.69, 9.17) is 4.42 Å². The number of thiophene rings is 1. The number of hydrogen-bond acceptors (Lipinski definition) is 5. The molecule has 1 fully saturated rings. The second-order valence-corrected chi connectivity index (χ2v) is 6.48. The summed E-state index contributed by atoms with van der Waals surface area (Å²) in [4.78, 5) is 39.7. The Balaban J connectivity index is 1.39. The van der Waals surface area contributed by atoms with Gasteiger partial charge in [-0.25, -0.2) is 0 Å². The molecule has 0 unspecified atom stereocenters. The number of carbonyl (C=O) groups is 3. The summed E-state index contributed by atoms with van der Waals surface area (Å²) in [6.45, 7) is 2.30. The van der Waals surface area contributed by atoms with E-state index in [1.165, 1.54) is 23.9 Å². The van der Waals surface area contributed by atoms with Crippen LogP contribution in [0.2, 0.25) is 0 Å². The molecule has 3 heterocycles. The maximum absolute atomic E-state index is 12.2.